The molecule has 0 amide bonds. The van der Waals surface area contributed by atoms with Crippen molar-refractivity contribution in [3.8, 4) is 0 Å². The number of likely N-dealkylation sites (tertiary alicyclic amines) is 1. The van der Waals surface area contributed by atoms with Crippen molar-refractivity contribution in [3.05, 3.63) is 48.6 Å². The summed E-state index contributed by atoms with van der Waals surface area (Å²) >= 11 is 0. The standard InChI is InChI=1S/C48H87NO3/c1-4-6-8-10-12-14-16-18-20-22-24-26-28-30-32-34-40-48(51-3,42-36-39-45-52-47(50)46-49-43-37-38-44-49)41-35-33-31-29-27-25-23-21-19-17-15-13-11-9-7-5-2/h12-15,18-21H,4-11,16-17,22-46H2,1-3H3/b14-12-,15-13-,20-18-,21-19-. The molecular weight excluding hydrogens is 639 g/mol. The van der Waals surface area contributed by atoms with Crippen LogP contribution < -0.4 is 0 Å². The number of methoxy groups -OCH3 is 1. The van der Waals surface area contributed by atoms with Crippen LogP contribution in [-0.4, -0.2) is 49.8 Å². The van der Waals surface area contributed by atoms with Crippen LogP contribution in [0.25, 0.3) is 0 Å². The Hall–Kier alpha value is -1.65. The van der Waals surface area contributed by atoms with Crippen LogP contribution in [0.3, 0.4) is 0 Å². The molecule has 1 aliphatic heterocycles. The third kappa shape index (κ3) is 30.8. The second-order valence-corrected chi connectivity index (χ2v) is 15.7. The highest BCUT2D eigenvalue weighted by atomic mass is 16.5. The molecule has 0 aromatic carbocycles. The highest BCUT2D eigenvalue weighted by Crippen LogP contribution is 2.32. The average molecular weight is 726 g/mol. The number of rotatable bonds is 38. The lowest BCUT2D eigenvalue weighted by molar-refractivity contribution is -0.144. The summed E-state index contributed by atoms with van der Waals surface area (Å²) in [6.07, 6.45) is 57.5. The van der Waals surface area contributed by atoms with Crippen molar-refractivity contribution in [2.75, 3.05) is 33.4 Å². The van der Waals surface area contributed by atoms with Crippen LogP contribution in [-0.2, 0) is 14.3 Å². The van der Waals surface area contributed by atoms with Gasteiger partial charge in [-0.05, 0) is 122 Å². The second kappa shape index (κ2) is 37.7. The molecule has 0 saturated carbocycles. The number of esters is 1. The van der Waals surface area contributed by atoms with Gasteiger partial charge < -0.3 is 9.47 Å². The number of nitrogens with zero attached hydrogens (tertiary/aromatic N) is 1. The fourth-order valence-corrected chi connectivity index (χ4v) is 7.46. The monoisotopic (exact) mass is 726 g/mol. The fraction of sp³-hybridized carbons (Fsp3) is 0.812. The van der Waals surface area contributed by atoms with Gasteiger partial charge in [-0.1, -0.05) is 152 Å². The van der Waals surface area contributed by atoms with Gasteiger partial charge in [0.1, 0.15) is 0 Å². The van der Waals surface area contributed by atoms with E-state index in [-0.39, 0.29) is 11.6 Å². The molecule has 0 unspecified atom stereocenters. The van der Waals surface area contributed by atoms with Gasteiger partial charge in [-0.3, -0.25) is 9.69 Å². The van der Waals surface area contributed by atoms with E-state index < -0.39 is 0 Å². The maximum absolute atomic E-state index is 12.3. The van der Waals surface area contributed by atoms with Crippen LogP contribution in [0, 0.1) is 0 Å². The van der Waals surface area contributed by atoms with Gasteiger partial charge in [0, 0.05) is 7.11 Å². The van der Waals surface area contributed by atoms with Crippen LogP contribution in [0.2, 0.25) is 0 Å². The first kappa shape index (κ1) is 48.4. The number of carbonyl (C=O) groups is 1. The predicted molar refractivity (Wildman–Crippen MR) is 228 cm³/mol. The molecule has 0 N–H and O–H groups in total. The number of hydrogen-bond acceptors (Lipinski definition) is 4. The Kier molecular flexibility index (Phi) is 35.0. The van der Waals surface area contributed by atoms with E-state index in [1.807, 2.05) is 7.11 Å². The highest BCUT2D eigenvalue weighted by Gasteiger charge is 2.28. The lowest BCUT2D eigenvalue weighted by Crippen LogP contribution is -2.32. The van der Waals surface area contributed by atoms with Gasteiger partial charge in [-0.15, -0.1) is 0 Å². The summed E-state index contributed by atoms with van der Waals surface area (Å²) in [4.78, 5) is 14.5. The molecule has 302 valence electrons. The number of allylic oxidation sites excluding steroid dienone is 8. The summed E-state index contributed by atoms with van der Waals surface area (Å²) in [7, 11) is 1.95. The van der Waals surface area contributed by atoms with Crippen LogP contribution in [0.15, 0.2) is 48.6 Å². The SMILES string of the molecule is CCCCC/C=C\C/C=C\CCCCCCCCC(CCCCCCCC/C=C\C/C=C\CCCCC)(CCCCOC(=O)CN1CCCC1)OC. The van der Waals surface area contributed by atoms with Gasteiger partial charge in [0.2, 0.25) is 0 Å². The summed E-state index contributed by atoms with van der Waals surface area (Å²) < 4.78 is 12.0. The molecular formula is C48H87NO3. The van der Waals surface area contributed by atoms with Crippen molar-refractivity contribution in [3.63, 3.8) is 0 Å². The number of ether oxygens (including phenoxy) is 2. The van der Waals surface area contributed by atoms with Gasteiger partial charge >= 0.3 is 5.97 Å². The highest BCUT2D eigenvalue weighted by molar-refractivity contribution is 5.71. The summed E-state index contributed by atoms with van der Waals surface area (Å²) in [6.45, 7) is 7.61. The topological polar surface area (TPSA) is 38.8 Å². The molecule has 1 heterocycles. The second-order valence-electron chi connectivity index (χ2n) is 15.7. The molecule has 0 aliphatic carbocycles. The van der Waals surface area contributed by atoms with E-state index in [1.165, 1.54) is 154 Å². The summed E-state index contributed by atoms with van der Waals surface area (Å²) in [6, 6.07) is 0. The van der Waals surface area contributed by atoms with Crippen LogP contribution in [0.1, 0.15) is 213 Å². The Morgan fingerprint density at radius 3 is 1.33 bits per heavy atom. The first-order valence-electron chi connectivity index (χ1n) is 22.7. The van der Waals surface area contributed by atoms with Crippen molar-refractivity contribution in [1.29, 1.82) is 0 Å². The fourth-order valence-electron chi connectivity index (χ4n) is 7.46. The Labute approximate surface area is 324 Å². The van der Waals surface area contributed by atoms with Crippen molar-refractivity contribution < 1.29 is 14.3 Å². The summed E-state index contributed by atoms with van der Waals surface area (Å²) in [5, 5.41) is 0. The van der Waals surface area contributed by atoms with E-state index in [4.69, 9.17) is 9.47 Å². The normalized spacial score (nSPS) is 14.4. The molecule has 0 spiro atoms. The Morgan fingerprint density at radius 2 is 0.904 bits per heavy atom. The summed E-state index contributed by atoms with van der Waals surface area (Å²) in [5.41, 5.74) is -0.0238. The molecule has 0 radical (unpaired) electrons. The maximum Gasteiger partial charge on any atom is 0.320 e. The zero-order valence-corrected chi connectivity index (χ0v) is 35.0. The largest absolute Gasteiger partial charge is 0.465 e. The Bertz CT molecular complexity index is 836. The molecule has 0 aromatic heterocycles. The Morgan fingerprint density at radius 1 is 0.519 bits per heavy atom. The van der Waals surface area contributed by atoms with Crippen LogP contribution in [0.4, 0.5) is 0 Å². The maximum atomic E-state index is 12.3. The Balaban J connectivity index is 2.29. The molecule has 1 aliphatic rings. The van der Waals surface area contributed by atoms with E-state index >= 15 is 0 Å². The van der Waals surface area contributed by atoms with E-state index in [0.717, 1.165) is 58.0 Å². The van der Waals surface area contributed by atoms with Gasteiger partial charge in [-0.25, -0.2) is 0 Å². The first-order valence-corrected chi connectivity index (χ1v) is 22.7. The molecule has 0 atom stereocenters. The number of hydrogen-bond donors (Lipinski definition) is 0. The molecule has 52 heavy (non-hydrogen) atoms. The minimum absolute atomic E-state index is 0.0238. The van der Waals surface area contributed by atoms with Gasteiger partial charge in [0.05, 0.1) is 18.8 Å². The third-order valence-electron chi connectivity index (χ3n) is 10.9. The van der Waals surface area contributed by atoms with Crippen LogP contribution in [0.5, 0.6) is 0 Å². The third-order valence-corrected chi connectivity index (χ3v) is 10.9. The predicted octanol–water partition coefficient (Wildman–Crippen LogP) is 14.6. The molecule has 1 rings (SSSR count). The smallest absolute Gasteiger partial charge is 0.320 e. The molecule has 4 heteroatoms. The van der Waals surface area contributed by atoms with Gasteiger partial charge in [-0.2, -0.15) is 0 Å². The van der Waals surface area contributed by atoms with Crippen molar-refractivity contribution in [2.24, 2.45) is 0 Å². The molecule has 1 fully saturated rings. The average Bonchev–Trinajstić information content (AvgIpc) is 3.67. The van der Waals surface area contributed by atoms with E-state index in [2.05, 4.69) is 67.4 Å². The lowest BCUT2D eigenvalue weighted by atomic mass is 9.85. The molecule has 4 nitrogen and oxygen atoms in total. The van der Waals surface area contributed by atoms with Gasteiger partial charge in [0.25, 0.3) is 0 Å². The summed E-state index contributed by atoms with van der Waals surface area (Å²) in [5.74, 6) is -0.0532. The number of unbranched alkanes of at least 4 members (excludes halogenated alkanes) is 19. The lowest BCUT2D eigenvalue weighted by Gasteiger charge is -2.33. The van der Waals surface area contributed by atoms with Gasteiger partial charge in [0.15, 0.2) is 0 Å². The van der Waals surface area contributed by atoms with Crippen molar-refractivity contribution >= 4 is 5.97 Å². The molecule has 0 aromatic rings. The van der Waals surface area contributed by atoms with E-state index in [9.17, 15) is 4.79 Å². The number of carbonyl (C=O) groups excluding carboxylic acids is 1. The molecule has 0 bridgehead atoms. The quantitative estimate of drug-likeness (QED) is 0.0361. The molecule has 1 saturated heterocycles. The van der Waals surface area contributed by atoms with Crippen LogP contribution >= 0.6 is 0 Å². The zero-order valence-electron chi connectivity index (χ0n) is 35.0. The van der Waals surface area contributed by atoms with Crippen molar-refractivity contribution in [1.82, 2.24) is 4.90 Å². The van der Waals surface area contributed by atoms with E-state index in [0.29, 0.717) is 13.2 Å². The first-order chi connectivity index (χ1) is 25.7. The minimum atomic E-state index is -0.0532. The van der Waals surface area contributed by atoms with Crippen molar-refractivity contribution in [2.45, 2.75) is 218 Å². The van der Waals surface area contributed by atoms with E-state index in [1.54, 1.807) is 0 Å². The zero-order chi connectivity index (χ0) is 37.5. The minimum Gasteiger partial charge on any atom is -0.465 e.